The zero-order chi connectivity index (χ0) is 45.7. The molecule has 4 saturated heterocycles. The van der Waals surface area contributed by atoms with E-state index in [1.165, 1.54) is 31.3 Å². The van der Waals surface area contributed by atoms with Crippen LogP contribution in [0.5, 0.6) is 0 Å². The highest BCUT2D eigenvalue weighted by atomic mass is 79.9. The Morgan fingerprint density at radius 3 is 2.57 bits per heavy atom. The number of nitrogens with zero attached hydrogens (tertiary/aromatic N) is 6. The number of benzene rings is 2. The molecular formula is C49H60BrN9O5S. The number of aromatic nitrogens is 1. The molecule has 2 aromatic heterocycles. The molecule has 344 valence electrons. The molecule has 0 bridgehead atoms. The number of rotatable bonds is 5. The van der Waals surface area contributed by atoms with Gasteiger partial charge in [-0.15, -0.1) is 11.3 Å². The number of carbonyl (C=O) groups is 3. The van der Waals surface area contributed by atoms with Crippen LogP contribution in [0.3, 0.4) is 0 Å². The van der Waals surface area contributed by atoms with Gasteiger partial charge in [0.1, 0.15) is 22.9 Å². The van der Waals surface area contributed by atoms with Crippen molar-refractivity contribution in [3.8, 4) is 0 Å². The number of ether oxygens (including phenoxy) is 1. The summed E-state index contributed by atoms with van der Waals surface area (Å²) in [6, 6.07) is 15.3. The van der Waals surface area contributed by atoms with Crippen molar-refractivity contribution in [3.05, 3.63) is 80.8 Å². The summed E-state index contributed by atoms with van der Waals surface area (Å²) in [6.45, 7) is 15.0. The van der Waals surface area contributed by atoms with Gasteiger partial charge in [0.2, 0.25) is 17.5 Å². The van der Waals surface area contributed by atoms with Gasteiger partial charge in [0.25, 0.3) is 11.8 Å². The van der Waals surface area contributed by atoms with Gasteiger partial charge in [-0.2, -0.15) is 0 Å². The van der Waals surface area contributed by atoms with E-state index in [0.29, 0.717) is 25.9 Å². The van der Waals surface area contributed by atoms with E-state index in [9.17, 15) is 19.5 Å². The minimum atomic E-state index is -2.01. The van der Waals surface area contributed by atoms with Gasteiger partial charge in [0.05, 0.1) is 27.5 Å². The largest absolute Gasteiger partial charge is 0.353 e. The number of anilines is 2. The normalized spacial score (nSPS) is 28.4. The number of likely N-dealkylation sites (N-methyl/N-ethyl adjacent to an activating group) is 2. The summed E-state index contributed by atoms with van der Waals surface area (Å²) in [5.41, 5.74) is 6.03. The summed E-state index contributed by atoms with van der Waals surface area (Å²) < 4.78 is 7.43. The number of halogens is 1. The zero-order valence-electron chi connectivity index (χ0n) is 38.3. The van der Waals surface area contributed by atoms with Gasteiger partial charge < -0.3 is 35.4 Å². The Morgan fingerprint density at radius 2 is 1.82 bits per heavy atom. The van der Waals surface area contributed by atoms with Gasteiger partial charge in [0.15, 0.2) is 0 Å². The van der Waals surface area contributed by atoms with Gasteiger partial charge in [-0.05, 0) is 110 Å². The van der Waals surface area contributed by atoms with E-state index < -0.39 is 41.5 Å². The standard InChI is InChI=1S/C32H40BrN5O5.C17H20N4S/c1-16(2)12-24-29(40)37-11-7-10-25(37)32(42)38(24)30(41)31(43-32,17(3)4)35-28(39)18-13-20-19-8-6-9-22-26(19)21(27(33)34-22)14-23(20)36(5)15-18;1-12-11-13-16(21-9-7-20(2)8-10-21)18-14-5-3-4-6-15(14)19-17(13)22-12/h6,8-9,13,16-18,23-25,34,42H,7,10-12,14-15H2,1-5H3,(H,35,39);3-6,11,19H,7-10H2,1-2H3/t18-,23-,24+,25+,31-,32+;/m1./s1. The Bertz CT molecular complexity index is 2630. The number of amidine groups is 1. The molecule has 6 atom stereocenters. The molecular weight excluding hydrogens is 907 g/mol. The molecule has 4 N–H and O–H groups in total. The van der Waals surface area contributed by atoms with Gasteiger partial charge in [-0.25, -0.2) is 4.99 Å². The number of carbonyl (C=O) groups excluding carboxylic acids is 3. The lowest BCUT2D eigenvalue weighted by molar-refractivity contribution is -0.322. The number of hydrogen-bond donors (Lipinski definition) is 4. The molecule has 1 aliphatic carbocycles. The fourth-order valence-electron chi connectivity index (χ4n) is 11.2. The van der Waals surface area contributed by atoms with Gasteiger partial charge in [-0.3, -0.25) is 28.9 Å². The Labute approximate surface area is 393 Å². The number of H-pyrrole nitrogens is 1. The third-order valence-corrected chi connectivity index (χ3v) is 16.2. The number of thiophene rings is 1. The second-order valence-electron chi connectivity index (χ2n) is 19.7. The van der Waals surface area contributed by atoms with E-state index in [0.717, 1.165) is 77.5 Å². The first-order valence-corrected chi connectivity index (χ1v) is 24.8. The number of amides is 3. The zero-order valence-corrected chi connectivity index (χ0v) is 40.7. The van der Waals surface area contributed by atoms with Crippen LogP contribution >= 0.6 is 27.3 Å². The smallest absolute Gasteiger partial charge is 0.281 e. The number of aliphatic hydroxyl groups is 1. The predicted molar refractivity (Wildman–Crippen MR) is 258 cm³/mol. The van der Waals surface area contributed by atoms with E-state index in [1.54, 1.807) is 30.1 Å². The fourth-order valence-corrected chi connectivity index (χ4v) is 12.6. The van der Waals surface area contributed by atoms with E-state index in [1.807, 2.05) is 33.0 Å². The maximum Gasteiger partial charge on any atom is 0.281 e. The van der Waals surface area contributed by atoms with Crippen LogP contribution in [-0.2, 0) is 25.5 Å². The highest BCUT2D eigenvalue weighted by Crippen LogP contribution is 2.49. The first-order chi connectivity index (χ1) is 31.1. The first-order valence-electron chi connectivity index (χ1n) is 23.2. The van der Waals surface area contributed by atoms with Crippen LogP contribution < -0.4 is 10.6 Å². The number of hydrogen-bond acceptors (Lipinski definition) is 11. The Kier molecular flexibility index (Phi) is 11.3. The third kappa shape index (κ3) is 7.34. The summed E-state index contributed by atoms with van der Waals surface area (Å²) in [7, 11) is 4.21. The summed E-state index contributed by atoms with van der Waals surface area (Å²) in [4.78, 5) is 61.9. The lowest BCUT2D eigenvalue weighted by Gasteiger charge is -2.49. The molecule has 11 rings (SSSR count). The molecule has 6 aliphatic heterocycles. The van der Waals surface area contributed by atoms with Crippen LogP contribution in [-0.4, -0.2) is 141 Å². The van der Waals surface area contributed by atoms with E-state index in [2.05, 4.69) is 103 Å². The second-order valence-corrected chi connectivity index (χ2v) is 21.7. The number of fused-ring (bicyclic) bond motifs is 7. The number of aromatic amines is 1. The Hall–Kier alpha value is -4.58. The van der Waals surface area contributed by atoms with Crippen LogP contribution in [0.2, 0.25) is 0 Å². The van der Waals surface area contributed by atoms with E-state index in [4.69, 9.17) is 9.73 Å². The monoisotopic (exact) mass is 965 g/mol. The Morgan fingerprint density at radius 1 is 1.05 bits per heavy atom. The highest BCUT2D eigenvalue weighted by Gasteiger charge is 2.72. The highest BCUT2D eigenvalue weighted by molar-refractivity contribution is 9.10. The molecule has 14 nitrogen and oxygen atoms in total. The van der Waals surface area contributed by atoms with Crippen molar-refractivity contribution < 1.29 is 24.2 Å². The van der Waals surface area contributed by atoms with Crippen LogP contribution in [0.15, 0.2) is 64.2 Å². The van der Waals surface area contributed by atoms with Crippen molar-refractivity contribution in [2.24, 2.45) is 22.7 Å². The SMILES string of the molecule is CC(C)C[C@H]1C(=O)N2CCC[C@H]2[C@]2(O)O[C@](NC(=O)[C@@H]3C=C4c5cccc6[nH]c(Br)c(c56)C[C@H]4N(C)C3)(C(C)C)C(=O)N12.Cc1cc2c(s1)Nc1ccccc1N=C2N1CCN(C)CC1. The average Bonchev–Trinajstić information content (AvgIpc) is 4.02. The molecule has 0 saturated carbocycles. The Balaban J connectivity index is 0.000000189. The quantitative estimate of drug-likeness (QED) is 0.173. The number of nitrogens with one attached hydrogen (secondary N) is 3. The molecule has 16 heteroatoms. The molecule has 0 spiro atoms. The van der Waals surface area contributed by atoms with Crippen molar-refractivity contribution in [1.29, 1.82) is 0 Å². The lowest BCUT2D eigenvalue weighted by atomic mass is 9.79. The predicted octanol–water partition coefficient (Wildman–Crippen LogP) is 6.63. The minimum Gasteiger partial charge on any atom is -0.353 e. The molecule has 0 radical (unpaired) electrons. The van der Waals surface area contributed by atoms with Crippen LogP contribution in [0, 0.1) is 24.7 Å². The van der Waals surface area contributed by atoms with Crippen molar-refractivity contribution in [2.75, 3.05) is 58.7 Å². The van der Waals surface area contributed by atoms with Gasteiger partial charge in [0, 0.05) is 67.0 Å². The number of aryl methyl sites for hydroxylation is 1. The molecule has 4 aromatic rings. The van der Waals surface area contributed by atoms with Crippen LogP contribution in [0.4, 0.5) is 16.4 Å². The molecule has 7 aliphatic rings. The molecule has 3 amide bonds. The molecule has 2 aromatic carbocycles. The van der Waals surface area contributed by atoms with Crippen LogP contribution in [0.25, 0.3) is 16.5 Å². The van der Waals surface area contributed by atoms with E-state index >= 15 is 0 Å². The maximum absolute atomic E-state index is 14.4. The number of para-hydroxylation sites is 2. The van der Waals surface area contributed by atoms with Crippen molar-refractivity contribution >= 4 is 83.7 Å². The molecule has 8 heterocycles. The lowest BCUT2D eigenvalue weighted by Crippen LogP contribution is -2.71. The average molecular weight is 967 g/mol. The number of aliphatic imine (C=N–C) groups is 1. The summed E-state index contributed by atoms with van der Waals surface area (Å²) >= 11 is 5.51. The molecule has 65 heavy (non-hydrogen) atoms. The van der Waals surface area contributed by atoms with Crippen LogP contribution in [0.1, 0.15) is 68.5 Å². The second kappa shape index (κ2) is 16.6. The van der Waals surface area contributed by atoms with E-state index in [-0.39, 0.29) is 23.8 Å². The molecule has 4 fully saturated rings. The molecule has 0 unspecified atom stereocenters. The summed E-state index contributed by atoms with van der Waals surface area (Å²) in [6.07, 6.45) is 4.49. The van der Waals surface area contributed by atoms with Crippen molar-refractivity contribution in [2.45, 2.75) is 90.1 Å². The number of piperazine rings is 2. The first kappa shape index (κ1) is 44.3. The third-order valence-electron chi connectivity index (χ3n) is 14.5. The minimum absolute atomic E-state index is 0.104. The fraction of sp³-hybridized carbons (Fsp3) is 0.510. The summed E-state index contributed by atoms with van der Waals surface area (Å²) in [5, 5.41) is 21.1. The summed E-state index contributed by atoms with van der Waals surface area (Å²) in [5.74, 6) is -2.90. The van der Waals surface area contributed by atoms with Crippen molar-refractivity contribution in [1.82, 2.24) is 34.8 Å². The maximum atomic E-state index is 14.4. The topological polar surface area (TPSA) is 149 Å². The van der Waals surface area contributed by atoms with Crippen molar-refractivity contribution in [3.63, 3.8) is 0 Å². The van der Waals surface area contributed by atoms with Gasteiger partial charge >= 0.3 is 0 Å². The van der Waals surface area contributed by atoms with Gasteiger partial charge in [-0.1, -0.05) is 58.0 Å².